The SMILES string of the molecule is COc1cc(OC)c(C(=O)Cc2ccc(C(=O)Oc3ccc(-c4ccc(OC(=O)c5ccc(CC(=O)c6cc(CO)c(CO)cc6CO)cc5)cc4)cc3)cc2)cc1OC. The third-order valence-corrected chi connectivity index (χ3v) is 9.81. The number of aliphatic hydroxyl groups excluding tert-OH is 3. The summed E-state index contributed by atoms with van der Waals surface area (Å²) in [6, 6.07) is 33.0. The highest BCUT2D eigenvalue weighted by Gasteiger charge is 2.20. The highest BCUT2D eigenvalue weighted by molar-refractivity contribution is 6.01. The van der Waals surface area contributed by atoms with Crippen molar-refractivity contribution >= 4 is 23.5 Å². The number of ether oxygens (including phenoxy) is 5. The zero-order chi connectivity index (χ0) is 42.8. The Bertz CT molecular complexity index is 2310. The smallest absolute Gasteiger partial charge is 0.343 e. The lowest BCUT2D eigenvalue weighted by molar-refractivity contribution is 0.0725. The summed E-state index contributed by atoms with van der Waals surface area (Å²) < 4.78 is 27.2. The molecule has 0 aliphatic rings. The summed E-state index contributed by atoms with van der Waals surface area (Å²) in [7, 11) is 4.46. The predicted octanol–water partition coefficient (Wildman–Crippen LogP) is 7.15. The number of hydrogen-bond acceptors (Lipinski definition) is 12. The summed E-state index contributed by atoms with van der Waals surface area (Å²) in [5.41, 5.74) is 5.39. The van der Waals surface area contributed by atoms with E-state index in [0.717, 1.165) is 11.1 Å². The molecular formula is C48H42O12. The number of Topliss-reactive ketones (excluding diaryl/α,β-unsaturated/α-hetero) is 2. The molecule has 0 bridgehead atoms. The van der Waals surface area contributed by atoms with Crippen LogP contribution >= 0.6 is 0 Å². The van der Waals surface area contributed by atoms with Crippen molar-refractivity contribution in [3.05, 3.63) is 171 Å². The van der Waals surface area contributed by atoms with Gasteiger partial charge in [0.1, 0.15) is 17.2 Å². The second kappa shape index (κ2) is 19.6. The standard InChI is InChI=1S/C48H42O12/c1-56-44-25-46(58-3)45(57-2)24-41(44)43(53)21-30-6-10-34(11-7-30)48(55)60-39-18-14-32(15-19-39)31-12-16-38(17-13-31)59-47(54)33-8-4-29(5-9-33)20-42(52)40-23-36(27-50)35(26-49)22-37(40)28-51/h4-19,22-25,49-51H,20-21,26-28H2,1-3H3. The molecule has 0 radical (unpaired) electrons. The minimum atomic E-state index is -0.583. The maximum absolute atomic E-state index is 13.2. The summed E-state index contributed by atoms with van der Waals surface area (Å²) in [6.07, 6.45) is 0.0629. The Balaban J connectivity index is 1.01. The van der Waals surface area contributed by atoms with Crippen molar-refractivity contribution in [3.8, 4) is 39.9 Å². The highest BCUT2D eigenvalue weighted by Crippen LogP contribution is 2.35. The van der Waals surface area contributed by atoms with E-state index in [2.05, 4.69) is 0 Å². The van der Waals surface area contributed by atoms with Crippen molar-refractivity contribution < 1.29 is 58.2 Å². The van der Waals surface area contributed by atoms with Gasteiger partial charge >= 0.3 is 11.9 Å². The van der Waals surface area contributed by atoms with Crippen LogP contribution in [0.5, 0.6) is 28.7 Å². The van der Waals surface area contributed by atoms with Gasteiger partial charge in [0.05, 0.1) is 57.8 Å². The molecular weight excluding hydrogens is 769 g/mol. The number of carbonyl (C=O) groups is 4. The Morgan fingerprint density at radius 3 is 1.25 bits per heavy atom. The van der Waals surface area contributed by atoms with Crippen LogP contribution in [0.1, 0.15) is 69.2 Å². The quantitative estimate of drug-likeness (QED) is 0.0483. The fourth-order valence-corrected chi connectivity index (χ4v) is 6.51. The number of carbonyl (C=O) groups excluding carboxylic acids is 4. The first kappa shape index (κ1) is 42.5. The molecule has 6 aromatic rings. The summed E-state index contributed by atoms with van der Waals surface area (Å²) in [5.74, 6) is 0.246. The Morgan fingerprint density at radius 1 is 0.433 bits per heavy atom. The summed E-state index contributed by atoms with van der Waals surface area (Å²) in [5, 5.41) is 28.9. The first-order chi connectivity index (χ1) is 29.1. The van der Waals surface area contributed by atoms with Gasteiger partial charge in [-0.25, -0.2) is 9.59 Å². The van der Waals surface area contributed by atoms with Crippen molar-refractivity contribution in [2.24, 2.45) is 0 Å². The van der Waals surface area contributed by atoms with Gasteiger partial charge < -0.3 is 39.0 Å². The Morgan fingerprint density at radius 2 is 0.833 bits per heavy atom. The van der Waals surface area contributed by atoms with Gasteiger partial charge in [-0.2, -0.15) is 0 Å². The molecule has 12 nitrogen and oxygen atoms in total. The van der Waals surface area contributed by atoms with Crippen molar-refractivity contribution in [1.29, 1.82) is 0 Å². The third-order valence-electron chi connectivity index (χ3n) is 9.81. The molecule has 0 spiro atoms. The summed E-state index contributed by atoms with van der Waals surface area (Å²) >= 11 is 0. The Kier molecular flexibility index (Phi) is 13.8. The third kappa shape index (κ3) is 9.93. The monoisotopic (exact) mass is 810 g/mol. The molecule has 3 N–H and O–H groups in total. The minimum Gasteiger partial charge on any atom is -0.496 e. The van der Waals surface area contributed by atoms with E-state index < -0.39 is 18.5 Å². The number of ketones is 2. The van der Waals surface area contributed by atoms with Crippen LogP contribution in [-0.2, 0) is 32.7 Å². The molecule has 0 aliphatic carbocycles. The molecule has 6 rings (SSSR count). The molecule has 0 atom stereocenters. The number of rotatable bonds is 17. The lowest BCUT2D eigenvalue weighted by Crippen LogP contribution is -2.11. The highest BCUT2D eigenvalue weighted by atomic mass is 16.5. The molecule has 60 heavy (non-hydrogen) atoms. The topological polar surface area (TPSA) is 175 Å². The van der Waals surface area contributed by atoms with Crippen molar-refractivity contribution in [3.63, 3.8) is 0 Å². The predicted molar refractivity (Wildman–Crippen MR) is 221 cm³/mol. The Hall–Kier alpha value is -7.12. The molecule has 12 heteroatoms. The first-order valence-corrected chi connectivity index (χ1v) is 18.7. The van der Waals surface area contributed by atoms with E-state index in [0.29, 0.717) is 67.7 Å². The normalized spacial score (nSPS) is 10.8. The molecule has 0 unspecified atom stereocenters. The fourth-order valence-electron chi connectivity index (χ4n) is 6.51. The molecule has 0 aromatic heterocycles. The van der Waals surface area contributed by atoms with Gasteiger partial charge in [0, 0.05) is 24.5 Å². The van der Waals surface area contributed by atoms with Crippen molar-refractivity contribution in [2.45, 2.75) is 32.7 Å². The van der Waals surface area contributed by atoms with Gasteiger partial charge in [0.15, 0.2) is 23.1 Å². The van der Waals surface area contributed by atoms with Gasteiger partial charge in [0.25, 0.3) is 0 Å². The van der Waals surface area contributed by atoms with Crippen LogP contribution in [0.3, 0.4) is 0 Å². The van der Waals surface area contributed by atoms with Gasteiger partial charge in [-0.1, -0.05) is 54.6 Å². The average molecular weight is 811 g/mol. The second-order valence-corrected chi connectivity index (χ2v) is 13.6. The van der Waals surface area contributed by atoms with E-state index in [-0.39, 0.29) is 48.7 Å². The molecule has 0 fully saturated rings. The maximum Gasteiger partial charge on any atom is 0.343 e. The molecule has 6 aromatic carbocycles. The largest absolute Gasteiger partial charge is 0.496 e. The lowest BCUT2D eigenvalue weighted by Gasteiger charge is -2.13. The van der Waals surface area contributed by atoms with Gasteiger partial charge in [-0.15, -0.1) is 0 Å². The van der Waals surface area contributed by atoms with Crippen LogP contribution in [-0.4, -0.2) is 60.2 Å². The van der Waals surface area contributed by atoms with Gasteiger partial charge in [-0.05, 0) is 99.6 Å². The zero-order valence-electron chi connectivity index (χ0n) is 33.1. The molecule has 0 heterocycles. The van der Waals surface area contributed by atoms with Crippen LogP contribution in [0.4, 0.5) is 0 Å². The fraction of sp³-hybridized carbons (Fsp3) is 0.167. The van der Waals surface area contributed by atoms with Crippen molar-refractivity contribution in [2.75, 3.05) is 21.3 Å². The average Bonchev–Trinajstić information content (AvgIpc) is 3.28. The molecule has 306 valence electrons. The van der Waals surface area contributed by atoms with E-state index in [1.807, 2.05) is 0 Å². The number of aliphatic hydroxyl groups is 3. The van der Waals surface area contributed by atoms with Crippen LogP contribution in [0, 0.1) is 0 Å². The molecule has 0 amide bonds. The van der Waals surface area contributed by atoms with E-state index in [9.17, 15) is 34.5 Å². The number of methoxy groups -OCH3 is 3. The van der Waals surface area contributed by atoms with Crippen LogP contribution < -0.4 is 23.7 Å². The Labute approximate surface area is 346 Å². The van der Waals surface area contributed by atoms with Crippen LogP contribution in [0.25, 0.3) is 11.1 Å². The van der Waals surface area contributed by atoms with E-state index in [4.69, 9.17) is 23.7 Å². The molecule has 0 aliphatic heterocycles. The minimum absolute atomic E-state index is 0.00442. The lowest BCUT2D eigenvalue weighted by atomic mass is 9.93. The maximum atomic E-state index is 13.2. The molecule has 0 saturated heterocycles. The zero-order valence-corrected chi connectivity index (χ0v) is 33.1. The van der Waals surface area contributed by atoms with E-state index in [1.54, 1.807) is 109 Å². The van der Waals surface area contributed by atoms with Gasteiger partial charge in [-0.3, -0.25) is 9.59 Å². The van der Waals surface area contributed by atoms with Crippen molar-refractivity contribution in [1.82, 2.24) is 0 Å². The number of hydrogen-bond donors (Lipinski definition) is 3. The van der Waals surface area contributed by atoms with Crippen LogP contribution in [0.15, 0.2) is 121 Å². The van der Waals surface area contributed by atoms with E-state index in [1.165, 1.54) is 33.5 Å². The number of benzene rings is 6. The van der Waals surface area contributed by atoms with Gasteiger partial charge in [0.2, 0.25) is 0 Å². The van der Waals surface area contributed by atoms with E-state index >= 15 is 0 Å². The first-order valence-electron chi connectivity index (χ1n) is 18.7. The van der Waals surface area contributed by atoms with Crippen LogP contribution in [0.2, 0.25) is 0 Å². The second-order valence-electron chi connectivity index (χ2n) is 13.6. The molecule has 0 saturated carbocycles. The summed E-state index contributed by atoms with van der Waals surface area (Å²) in [6.45, 7) is -1.09. The summed E-state index contributed by atoms with van der Waals surface area (Å²) in [4.78, 5) is 52.1. The number of esters is 2.